The zero-order valence-electron chi connectivity index (χ0n) is 17.8. The normalized spacial score (nSPS) is 17.1. The van der Waals surface area contributed by atoms with Gasteiger partial charge in [-0.05, 0) is 55.3 Å². The SMILES string of the molecule is CCOC(=O)C1=C(C)N=c2s/c(=C\c3ccc(Br)cc3)c(=O)n2[C@@H]1c1ccc2c(c1)OCO2. The topological polar surface area (TPSA) is 79.1 Å². The highest BCUT2D eigenvalue weighted by Gasteiger charge is 2.34. The largest absolute Gasteiger partial charge is 0.463 e. The van der Waals surface area contributed by atoms with Crippen LogP contribution in [-0.2, 0) is 9.53 Å². The van der Waals surface area contributed by atoms with Crippen molar-refractivity contribution in [1.82, 2.24) is 4.57 Å². The maximum atomic E-state index is 13.6. The van der Waals surface area contributed by atoms with Crippen LogP contribution in [0.4, 0.5) is 0 Å². The van der Waals surface area contributed by atoms with Gasteiger partial charge < -0.3 is 14.2 Å². The molecule has 0 fully saturated rings. The van der Waals surface area contributed by atoms with Crippen LogP contribution in [0, 0.1) is 0 Å². The Hall–Kier alpha value is -3.17. The first-order valence-electron chi connectivity index (χ1n) is 10.3. The predicted octanol–water partition coefficient (Wildman–Crippen LogP) is 3.29. The van der Waals surface area contributed by atoms with Gasteiger partial charge >= 0.3 is 5.97 Å². The first kappa shape index (κ1) is 21.7. The number of hydrogen-bond donors (Lipinski definition) is 0. The van der Waals surface area contributed by atoms with Gasteiger partial charge in [0, 0.05) is 4.47 Å². The molecular weight excluding hydrogens is 508 g/mol. The number of aromatic nitrogens is 1. The van der Waals surface area contributed by atoms with Crippen LogP contribution in [0.3, 0.4) is 0 Å². The quantitative estimate of drug-likeness (QED) is 0.487. The summed E-state index contributed by atoms with van der Waals surface area (Å²) in [5.74, 6) is 0.700. The van der Waals surface area contributed by atoms with Gasteiger partial charge in [0.2, 0.25) is 6.79 Å². The van der Waals surface area contributed by atoms with Crippen LogP contribution < -0.4 is 24.4 Å². The van der Waals surface area contributed by atoms with E-state index < -0.39 is 12.0 Å². The Morgan fingerprint density at radius 3 is 2.76 bits per heavy atom. The fourth-order valence-electron chi connectivity index (χ4n) is 3.90. The van der Waals surface area contributed by atoms with E-state index in [1.54, 1.807) is 30.5 Å². The minimum atomic E-state index is -0.693. The number of allylic oxidation sites excluding steroid dienone is 1. The van der Waals surface area contributed by atoms with Crippen LogP contribution in [0.5, 0.6) is 11.5 Å². The van der Waals surface area contributed by atoms with E-state index in [2.05, 4.69) is 20.9 Å². The first-order chi connectivity index (χ1) is 16.0. The monoisotopic (exact) mass is 526 g/mol. The molecule has 0 saturated heterocycles. The average Bonchev–Trinajstić information content (AvgIpc) is 3.38. The third-order valence-electron chi connectivity index (χ3n) is 5.40. The Morgan fingerprint density at radius 1 is 1.24 bits per heavy atom. The molecule has 3 heterocycles. The molecule has 168 valence electrons. The minimum absolute atomic E-state index is 0.133. The smallest absolute Gasteiger partial charge is 0.338 e. The molecule has 9 heteroatoms. The maximum Gasteiger partial charge on any atom is 0.338 e. The molecule has 7 nitrogen and oxygen atoms in total. The molecule has 1 atom stereocenters. The molecule has 0 spiro atoms. The van der Waals surface area contributed by atoms with Gasteiger partial charge in [-0.25, -0.2) is 9.79 Å². The fourth-order valence-corrected chi connectivity index (χ4v) is 5.21. The van der Waals surface area contributed by atoms with Crippen molar-refractivity contribution in [3.05, 3.63) is 89.0 Å². The van der Waals surface area contributed by atoms with Crippen LogP contribution in [0.1, 0.15) is 31.0 Å². The Bertz CT molecular complexity index is 1470. The van der Waals surface area contributed by atoms with Gasteiger partial charge in [0.1, 0.15) is 0 Å². The van der Waals surface area contributed by atoms with Crippen LogP contribution in [0.15, 0.2) is 68.0 Å². The number of nitrogens with zero attached hydrogens (tertiary/aromatic N) is 2. The molecule has 0 radical (unpaired) electrons. The van der Waals surface area contributed by atoms with Crippen molar-refractivity contribution >= 4 is 39.3 Å². The number of carbonyl (C=O) groups excluding carboxylic acids is 1. The van der Waals surface area contributed by atoms with E-state index in [1.807, 2.05) is 36.4 Å². The van der Waals surface area contributed by atoms with E-state index >= 15 is 0 Å². The first-order valence-corrected chi connectivity index (χ1v) is 11.9. The number of esters is 1. The highest BCUT2D eigenvalue weighted by atomic mass is 79.9. The van der Waals surface area contributed by atoms with E-state index in [0.29, 0.717) is 37.7 Å². The fraction of sp³-hybridized carbons (Fsp3) is 0.208. The van der Waals surface area contributed by atoms with Crippen LogP contribution in [0.25, 0.3) is 6.08 Å². The molecule has 2 aliphatic rings. The number of ether oxygens (including phenoxy) is 3. The van der Waals surface area contributed by atoms with Crippen molar-refractivity contribution in [2.45, 2.75) is 19.9 Å². The molecule has 1 aromatic heterocycles. The van der Waals surface area contributed by atoms with Crippen molar-refractivity contribution in [3.63, 3.8) is 0 Å². The second kappa shape index (κ2) is 8.64. The van der Waals surface area contributed by atoms with Crippen molar-refractivity contribution < 1.29 is 19.0 Å². The third kappa shape index (κ3) is 3.91. The third-order valence-corrected chi connectivity index (χ3v) is 6.91. The number of fused-ring (bicyclic) bond motifs is 2. The summed E-state index contributed by atoms with van der Waals surface area (Å²) < 4.78 is 19.3. The highest BCUT2D eigenvalue weighted by Crippen LogP contribution is 2.38. The van der Waals surface area contributed by atoms with E-state index in [-0.39, 0.29) is 19.0 Å². The Morgan fingerprint density at radius 2 is 2.00 bits per heavy atom. The Balaban J connectivity index is 1.72. The molecule has 33 heavy (non-hydrogen) atoms. The van der Waals surface area contributed by atoms with Crippen molar-refractivity contribution in [1.29, 1.82) is 0 Å². The molecule has 3 aromatic rings. The molecule has 0 N–H and O–H groups in total. The molecule has 5 rings (SSSR count). The van der Waals surface area contributed by atoms with Gasteiger partial charge in [-0.1, -0.05) is 45.5 Å². The zero-order chi connectivity index (χ0) is 23.1. The molecule has 0 saturated carbocycles. The molecule has 2 aromatic carbocycles. The summed E-state index contributed by atoms with van der Waals surface area (Å²) in [6.07, 6.45) is 1.83. The van der Waals surface area contributed by atoms with Crippen molar-refractivity contribution in [2.75, 3.05) is 13.4 Å². The highest BCUT2D eigenvalue weighted by molar-refractivity contribution is 9.10. The summed E-state index contributed by atoms with van der Waals surface area (Å²) in [5.41, 5.74) is 2.24. The summed E-state index contributed by atoms with van der Waals surface area (Å²) in [4.78, 5) is 31.7. The number of rotatable bonds is 4. The van der Waals surface area contributed by atoms with Crippen molar-refractivity contribution in [2.24, 2.45) is 4.99 Å². The van der Waals surface area contributed by atoms with Gasteiger partial charge in [0.25, 0.3) is 5.56 Å². The standard InChI is InChI=1S/C24H19BrN2O5S/c1-3-30-23(29)20-13(2)26-24-27(21(20)15-6-9-17-18(11-15)32-12-31-17)22(28)19(33-24)10-14-4-7-16(25)8-5-14/h4-11,21H,3,12H2,1-2H3/b19-10-/t21-/m1/s1. The van der Waals surface area contributed by atoms with Crippen molar-refractivity contribution in [3.8, 4) is 11.5 Å². The number of halogens is 1. The minimum Gasteiger partial charge on any atom is -0.463 e. The molecule has 0 amide bonds. The van der Waals surface area contributed by atoms with E-state index in [0.717, 1.165) is 10.0 Å². The second-order valence-corrected chi connectivity index (χ2v) is 9.39. The Labute approximate surface area is 201 Å². The van der Waals surface area contributed by atoms with Gasteiger partial charge in [-0.3, -0.25) is 9.36 Å². The van der Waals surface area contributed by atoms with E-state index in [4.69, 9.17) is 14.2 Å². The molecular formula is C24H19BrN2O5S. The molecule has 2 aliphatic heterocycles. The lowest BCUT2D eigenvalue weighted by Gasteiger charge is -2.24. The number of thiazole rings is 1. The lowest BCUT2D eigenvalue weighted by atomic mass is 9.95. The van der Waals surface area contributed by atoms with Crippen LogP contribution in [-0.4, -0.2) is 23.9 Å². The van der Waals surface area contributed by atoms with Gasteiger partial charge in [-0.15, -0.1) is 0 Å². The summed E-state index contributed by atoms with van der Waals surface area (Å²) in [6.45, 7) is 3.86. The molecule has 0 aliphatic carbocycles. The second-order valence-electron chi connectivity index (χ2n) is 7.47. The zero-order valence-corrected chi connectivity index (χ0v) is 20.2. The molecule has 0 bridgehead atoms. The number of carbonyl (C=O) groups is 1. The lowest BCUT2D eigenvalue weighted by Crippen LogP contribution is -2.39. The lowest BCUT2D eigenvalue weighted by molar-refractivity contribution is -0.139. The predicted molar refractivity (Wildman–Crippen MR) is 127 cm³/mol. The van der Waals surface area contributed by atoms with E-state index in [9.17, 15) is 9.59 Å². The van der Waals surface area contributed by atoms with Crippen LogP contribution in [0.2, 0.25) is 0 Å². The number of hydrogen-bond acceptors (Lipinski definition) is 7. The van der Waals surface area contributed by atoms with E-state index in [1.165, 1.54) is 11.3 Å². The van der Waals surface area contributed by atoms with Crippen LogP contribution >= 0.6 is 27.3 Å². The Kier molecular flexibility index (Phi) is 5.67. The summed E-state index contributed by atoms with van der Waals surface area (Å²) in [5, 5.41) is 0. The van der Waals surface area contributed by atoms with Gasteiger partial charge in [0.15, 0.2) is 16.3 Å². The maximum absolute atomic E-state index is 13.6. The summed E-state index contributed by atoms with van der Waals surface area (Å²) in [6, 6.07) is 12.4. The molecule has 0 unspecified atom stereocenters. The number of benzene rings is 2. The van der Waals surface area contributed by atoms with Gasteiger partial charge in [-0.2, -0.15) is 0 Å². The average molecular weight is 527 g/mol. The van der Waals surface area contributed by atoms with Gasteiger partial charge in [0.05, 0.1) is 28.5 Å². The summed E-state index contributed by atoms with van der Waals surface area (Å²) >= 11 is 4.72. The summed E-state index contributed by atoms with van der Waals surface area (Å²) in [7, 11) is 0.